The number of hydrogen-bond donors (Lipinski definition) is 2. The summed E-state index contributed by atoms with van der Waals surface area (Å²) in [4.78, 5) is 0. The molecule has 0 aromatic heterocycles. The number of nitriles is 1. The fraction of sp³-hybridized carbons (Fsp3) is 0.222. The number of rotatable bonds is 4. The first-order valence-corrected chi connectivity index (χ1v) is 5.85. The minimum Gasteiger partial charge on any atom is -0.494 e. The molecule has 0 aliphatic rings. The highest BCUT2D eigenvalue weighted by atomic mass is 32.2. The monoisotopic (exact) mass is 243 g/mol. The van der Waals surface area contributed by atoms with Crippen LogP contribution in [0.1, 0.15) is 6.92 Å². The molecule has 0 spiro atoms. The summed E-state index contributed by atoms with van der Waals surface area (Å²) in [7, 11) is -3.71. The molecule has 1 aromatic rings. The van der Waals surface area contributed by atoms with Crippen molar-refractivity contribution in [1.29, 1.82) is 5.26 Å². The van der Waals surface area contributed by atoms with Crippen molar-refractivity contribution in [2.45, 2.75) is 6.92 Å². The van der Waals surface area contributed by atoms with Crippen LogP contribution in [-0.2, 0) is 10.2 Å². The summed E-state index contributed by atoms with van der Waals surface area (Å²) in [5.41, 5.74) is 0.387. The summed E-state index contributed by atoms with van der Waals surface area (Å²) in [6.45, 7) is 5.87. The Kier molecular flexibility index (Phi) is 5.92. The van der Waals surface area contributed by atoms with Crippen LogP contribution >= 0.6 is 0 Å². The van der Waals surface area contributed by atoms with Gasteiger partial charge >= 0.3 is 0 Å². The molecule has 0 heterocycles. The molecule has 0 aliphatic carbocycles. The predicted molar refractivity (Wildman–Crippen MR) is 61.0 cm³/mol. The van der Waals surface area contributed by atoms with Crippen LogP contribution in [0.25, 0.3) is 0 Å². The molecule has 1 aromatic carbocycles. The van der Waals surface area contributed by atoms with Crippen LogP contribution in [0.2, 0.25) is 0 Å². The molecule has 0 aliphatic heterocycles. The zero-order valence-corrected chi connectivity index (χ0v) is 9.57. The number of nitrogens with one attached hydrogen (secondary N) is 1. The second-order valence-corrected chi connectivity index (χ2v) is 3.90. The third-order valence-corrected chi connectivity index (χ3v) is 1.93. The highest BCUT2D eigenvalue weighted by Gasteiger charge is 2.02. The molecule has 88 valence electrons. The second-order valence-electron chi connectivity index (χ2n) is 2.61. The molecule has 0 fully saturated rings. The van der Waals surface area contributed by atoms with E-state index >= 15 is 0 Å². The van der Waals surface area contributed by atoms with E-state index in [2.05, 4.69) is 11.3 Å². The SMILES string of the molecule is C#N.CCOc1cccc(NS(N)(=O)=O)c1. The van der Waals surface area contributed by atoms with Gasteiger partial charge in [-0.05, 0) is 19.1 Å². The molecule has 0 saturated carbocycles. The van der Waals surface area contributed by atoms with Crippen LogP contribution in [0.3, 0.4) is 0 Å². The van der Waals surface area contributed by atoms with Gasteiger partial charge in [-0.1, -0.05) is 6.07 Å². The lowest BCUT2D eigenvalue weighted by Gasteiger charge is -2.06. The van der Waals surface area contributed by atoms with E-state index in [0.29, 0.717) is 18.0 Å². The van der Waals surface area contributed by atoms with E-state index in [4.69, 9.17) is 15.1 Å². The van der Waals surface area contributed by atoms with E-state index in [0.717, 1.165) is 0 Å². The maximum Gasteiger partial charge on any atom is 0.296 e. The number of anilines is 1. The topological polar surface area (TPSA) is 105 Å². The molecule has 1 rings (SSSR count). The van der Waals surface area contributed by atoms with E-state index in [1.165, 1.54) is 0 Å². The molecule has 16 heavy (non-hydrogen) atoms. The zero-order valence-electron chi connectivity index (χ0n) is 8.75. The first-order valence-electron chi connectivity index (χ1n) is 4.30. The van der Waals surface area contributed by atoms with Crippen molar-refractivity contribution in [1.82, 2.24) is 0 Å². The third-order valence-electron chi connectivity index (χ3n) is 1.41. The lowest BCUT2D eigenvalue weighted by molar-refractivity contribution is 0.340. The molecule has 0 unspecified atom stereocenters. The maximum atomic E-state index is 10.7. The number of hydrogen-bond acceptors (Lipinski definition) is 4. The molecule has 6 nitrogen and oxygen atoms in total. The fourth-order valence-corrected chi connectivity index (χ4v) is 1.44. The lowest BCUT2D eigenvalue weighted by Crippen LogP contribution is -2.21. The molecule has 0 atom stereocenters. The van der Waals surface area contributed by atoms with Gasteiger partial charge in [-0.15, -0.1) is 0 Å². The smallest absolute Gasteiger partial charge is 0.296 e. The number of nitrogens with zero attached hydrogens (tertiary/aromatic N) is 1. The summed E-state index contributed by atoms with van der Waals surface area (Å²) in [5.74, 6) is 0.598. The van der Waals surface area contributed by atoms with Crippen molar-refractivity contribution in [2.75, 3.05) is 11.3 Å². The van der Waals surface area contributed by atoms with Crippen LogP contribution in [0.4, 0.5) is 5.69 Å². The maximum absolute atomic E-state index is 10.7. The van der Waals surface area contributed by atoms with E-state index in [1.54, 1.807) is 24.3 Å². The van der Waals surface area contributed by atoms with Crippen LogP contribution in [0.5, 0.6) is 5.75 Å². The van der Waals surface area contributed by atoms with Gasteiger partial charge in [-0.3, -0.25) is 4.72 Å². The summed E-state index contributed by atoms with van der Waals surface area (Å²) >= 11 is 0. The van der Waals surface area contributed by atoms with Crippen LogP contribution < -0.4 is 14.6 Å². The Balaban J connectivity index is 0.00000106. The molecular formula is C9H13N3O3S. The van der Waals surface area contributed by atoms with E-state index in [-0.39, 0.29) is 0 Å². The van der Waals surface area contributed by atoms with Crippen molar-refractivity contribution >= 4 is 15.9 Å². The van der Waals surface area contributed by atoms with E-state index in [1.807, 2.05) is 6.92 Å². The van der Waals surface area contributed by atoms with Gasteiger partial charge in [0.05, 0.1) is 12.3 Å². The second kappa shape index (κ2) is 6.66. The molecule has 0 amide bonds. The minimum atomic E-state index is -3.71. The Morgan fingerprint density at radius 3 is 2.62 bits per heavy atom. The van der Waals surface area contributed by atoms with Gasteiger partial charge in [-0.25, -0.2) is 10.4 Å². The summed E-state index contributed by atoms with van der Waals surface area (Å²) in [5, 5.41) is 11.3. The molecular weight excluding hydrogens is 230 g/mol. The van der Waals surface area contributed by atoms with Crippen molar-refractivity contribution in [2.24, 2.45) is 5.14 Å². The minimum absolute atomic E-state index is 0.387. The van der Waals surface area contributed by atoms with Crippen molar-refractivity contribution in [3.63, 3.8) is 0 Å². The van der Waals surface area contributed by atoms with Gasteiger partial charge in [0.25, 0.3) is 10.2 Å². The average Bonchev–Trinajstić information content (AvgIpc) is 2.19. The van der Waals surface area contributed by atoms with Gasteiger partial charge in [0.15, 0.2) is 0 Å². The molecule has 0 bridgehead atoms. The standard InChI is InChI=1S/C8H12N2O3S.CHN/c1-2-13-8-5-3-4-7(6-8)10-14(9,11)12;1-2/h3-6,10H,2H2,1H3,(H2,9,11,12);1H. The van der Waals surface area contributed by atoms with Crippen LogP contribution in [0.15, 0.2) is 24.3 Å². The van der Waals surface area contributed by atoms with Crippen molar-refractivity contribution < 1.29 is 13.2 Å². The highest BCUT2D eigenvalue weighted by molar-refractivity contribution is 7.90. The highest BCUT2D eigenvalue weighted by Crippen LogP contribution is 2.17. The van der Waals surface area contributed by atoms with Gasteiger partial charge in [-0.2, -0.15) is 8.42 Å². The third kappa shape index (κ3) is 5.85. The van der Waals surface area contributed by atoms with E-state index < -0.39 is 10.2 Å². The normalized spacial score (nSPS) is 9.75. The van der Waals surface area contributed by atoms with Gasteiger partial charge < -0.3 is 4.74 Å². The van der Waals surface area contributed by atoms with Crippen LogP contribution in [0, 0.1) is 11.8 Å². The van der Waals surface area contributed by atoms with Gasteiger partial charge in [0.1, 0.15) is 5.75 Å². The zero-order chi connectivity index (χ0) is 12.6. The van der Waals surface area contributed by atoms with Crippen LogP contribution in [-0.4, -0.2) is 15.0 Å². The Bertz CT molecular complexity index is 442. The Labute approximate surface area is 94.8 Å². The molecule has 0 saturated heterocycles. The fourth-order valence-electron chi connectivity index (χ4n) is 0.980. The number of nitrogens with two attached hydrogens (primary N) is 1. The Morgan fingerprint density at radius 1 is 1.50 bits per heavy atom. The van der Waals surface area contributed by atoms with E-state index in [9.17, 15) is 8.42 Å². The number of ether oxygens (including phenoxy) is 1. The number of benzene rings is 1. The summed E-state index contributed by atoms with van der Waals surface area (Å²) < 4.78 is 28.7. The van der Waals surface area contributed by atoms with Crippen molar-refractivity contribution in [3.8, 4) is 12.3 Å². The molecule has 0 radical (unpaired) electrons. The predicted octanol–water partition coefficient (Wildman–Crippen LogP) is 0.840. The Hall–Kier alpha value is -1.78. The largest absolute Gasteiger partial charge is 0.494 e. The Morgan fingerprint density at radius 2 is 2.12 bits per heavy atom. The lowest BCUT2D eigenvalue weighted by atomic mass is 10.3. The van der Waals surface area contributed by atoms with Gasteiger partial charge in [0, 0.05) is 12.6 Å². The summed E-state index contributed by atoms with van der Waals surface area (Å²) in [6, 6.07) is 6.57. The average molecular weight is 243 g/mol. The first-order chi connectivity index (χ1) is 7.51. The quantitative estimate of drug-likeness (QED) is 0.817. The molecule has 7 heteroatoms. The van der Waals surface area contributed by atoms with Crippen molar-refractivity contribution in [3.05, 3.63) is 24.3 Å². The summed E-state index contributed by atoms with van der Waals surface area (Å²) in [6.07, 6.45) is 0. The molecule has 3 N–H and O–H groups in total. The van der Waals surface area contributed by atoms with Gasteiger partial charge in [0.2, 0.25) is 0 Å². The first kappa shape index (κ1) is 14.2.